The number of ketones is 1. The number of para-hydroxylation sites is 2. The highest BCUT2D eigenvalue weighted by molar-refractivity contribution is 5.92. The van der Waals surface area contributed by atoms with Gasteiger partial charge in [-0.25, -0.2) is 27.2 Å². The maximum atomic E-state index is 15.6. The van der Waals surface area contributed by atoms with Crippen molar-refractivity contribution >= 4 is 45.7 Å². The molecule has 2 unspecified atom stereocenters. The molecule has 1 saturated carbocycles. The maximum absolute atomic E-state index is 15.6. The number of rotatable bonds is 22. The van der Waals surface area contributed by atoms with Gasteiger partial charge in [0.05, 0.1) is 36.8 Å². The van der Waals surface area contributed by atoms with E-state index in [2.05, 4.69) is 32.7 Å². The summed E-state index contributed by atoms with van der Waals surface area (Å²) in [7, 11) is 1.25. The Morgan fingerprint density at radius 2 is 1.26 bits per heavy atom. The molecule has 0 spiro atoms. The number of ether oxygens (including phenoxy) is 3. The predicted octanol–water partition coefficient (Wildman–Crippen LogP) is 13.4. The lowest BCUT2D eigenvalue weighted by Crippen LogP contribution is -2.57. The van der Waals surface area contributed by atoms with E-state index in [0.717, 1.165) is 120 Å². The molecule has 5 aromatic carbocycles. The molecular weight excluding hydrogens is 1090 g/mol. The first-order valence-electron chi connectivity index (χ1n) is 29.6. The molecule has 1 aliphatic heterocycles. The largest absolute Gasteiger partial charge is 0.490 e. The number of unbranched alkanes of at least 4 members (excludes halogenated alkanes) is 2. The number of aryl methyl sites for hydroxylation is 1. The molecule has 3 heterocycles. The zero-order chi connectivity index (χ0) is 60.5. The molecule has 4 N–H and O–H groups in total. The van der Waals surface area contributed by atoms with Crippen molar-refractivity contribution in [3.8, 4) is 5.75 Å². The van der Waals surface area contributed by atoms with Gasteiger partial charge in [-0.2, -0.15) is 0 Å². The maximum Gasteiger partial charge on any atom is 0.407 e. The minimum atomic E-state index is -0.671. The third kappa shape index (κ3) is 18.3. The van der Waals surface area contributed by atoms with Crippen LogP contribution in [0.5, 0.6) is 5.75 Å². The van der Waals surface area contributed by atoms with E-state index in [4.69, 9.17) is 19.9 Å². The van der Waals surface area contributed by atoms with Gasteiger partial charge in [-0.1, -0.05) is 79.9 Å². The summed E-state index contributed by atoms with van der Waals surface area (Å²) in [5, 5.41) is 7.19. The number of nitrogens with one attached hydrogen (secondary N) is 2. The molecule has 7 aromatic rings. The molecule has 85 heavy (non-hydrogen) atoms. The van der Waals surface area contributed by atoms with E-state index in [9.17, 15) is 28.0 Å². The summed E-state index contributed by atoms with van der Waals surface area (Å²) >= 11 is 0. The molecule has 1 aliphatic carbocycles. The van der Waals surface area contributed by atoms with E-state index in [0.29, 0.717) is 38.6 Å². The quantitative estimate of drug-likeness (QED) is 0.0437. The van der Waals surface area contributed by atoms with Gasteiger partial charge in [0, 0.05) is 67.1 Å². The number of benzene rings is 5. The highest BCUT2D eigenvalue weighted by atomic mass is 19.1. The van der Waals surface area contributed by atoms with Crippen molar-refractivity contribution in [2.45, 2.75) is 140 Å². The Kier molecular flexibility index (Phi) is 22.5. The third-order valence-electron chi connectivity index (χ3n) is 15.8. The van der Waals surface area contributed by atoms with E-state index in [1.165, 1.54) is 19.6 Å². The van der Waals surface area contributed by atoms with Crippen LogP contribution in [0.25, 0.3) is 21.8 Å². The number of nitrogens with zero attached hydrogens (tertiary/aromatic N) is 3. The Bertz CT molecular complexity index is 3390. The van der Waals surface area contributed by atoms with Crippen molar-refractivity contribution < 1.29 is 51.0 Å². The number of amides is 3. The molecule has 450 valence electrons. The first kappa shape index (κ1) is 63.1. The zero-order valence-electron chi connectivity index (χ0n) is 49.0. The van der Waals surface area contributed by atoms with Crippen molar-refractivity contribution in [3.63, 3.8) is 0 Å². The van der Waals surface area contributed by atoms with Crippen LogP contribution >= 0.6 is 0 Å². The van der Waals surface area contributed by atoms with Crippen LogP contribution in [0.15, 0.2) is 128 Å². The number of Topliss-reactive ketones (excluding diaryl/α,β-unsaturated/α-hetero) is 1. The number of halogens is 4. The lowest BCUT2D eigenvalue weighted by atomic mass is 9.79. The van der Waals surface area contributed by atoms with Crippen LogP contribution in [0, 0.1) is 29.2 Å². The van der Waals surface area contributed by atoms with Gasteiger partial charge in [0.15, 0.2) is 17.3 Å². The van der Waals surface area contributed by atoms with Gasteiger partial charge in [0.25, 0.3) is 0 Å². The van der Waals surface area contributed by atoms with Crippen molar-refractivity contribution in [2.75, 3.05) is 33.4 Å². The number of fused-ring (bicyclic) bond motifs is 2. The van der Waals surface area contributed by atoms with Crippen LogP contribution in [0.1, 0.15) is 130 Å². The minimum Gasteiger partial charge on any atom is -0.490 e. The first-order valence-corrected chi connectivity index (χ1v) is 29.6. The number of carbonyl (C=O) groups excluding carboxylic acids is 4. The number of likely N-dealkylation sites (tertiary alicyclic amines) is 1. The van der Waals surface area contributed by atoms with Gasteiger partial charge in [-0.3, -0.25) is 19.6 Å². The molecule has 0 bridgehead atoms. The minimum absolute atomic E-state index is 0.0360. The lowest BCUT2D eigenvalue weighted by molar-refractivity contribution is -0.145. The van der Waals surface area contributed by atoms with Crippen LogP contribution in [-0.4, -0.2) is 89.8 Å². The molecule has 4 atom stereocenters. The number of pyridine rings is 2. The number of piperidine rings is 1. The van der Waals surface area contributed by atoms with Gasteiger partial charge in [0.2, 0.25) is 5.91 Å². The fourth-order valence-electron chi connectivity index (χ4n) is 11.5. The van der Waals surface area contributed by atoms with Crippen molar-refractivity contribution in [2.24, 2.45) is 11.7 Å². The van der Waals surface area contributed by atoms with Crippen LogP contribution in [0.2, 0.25) is 0 Å². The normalized spacial score (nSPS) is 15.8. The van der Waals surface area contributed by atoms with E-state index in [1.807, 2.05) is 72.8 Å². The fraction of sp³-hybridized carbons (Fsp3) is 0.412. The van der Waals surface area contributed by atoms with Gasteiger partial charge in [0.1, 0.15) is 23.1 Å². The number of hydrogen-bond acceptors (Lipinski definition) is 10. The second-order valence-corrected chi connectivity index (χ2v) is 23.3. The Morgan fingerprint density at radius 3 is 1.88 bits per heavy atom. The summed E-state index contributed by atoms with van der Waals surface area (Å²) < 4.78 is 74.7. The highest BCUT2D eigenvalue weighted by Gasteiger charge is 2.40. The Morgan fingerprint density at radius 1 is 0.659 bits per heavy atom. The van der Waals surface area contributed by atoms with Crippen molar-refractivity contribution in [1.82, 2.24) is 25.5 Å². The number of nitrogens with two attached hydrogens (primary N) is 1. The smallest absolute Gasteiger partial charge is 0.407 e. The molecule has 0 radical (unpaired) electrons. The summed E-state index contributed by atoms with van der Waals surface area (Å²) in [5.74, 6) is -3.34. The van der Waals surface area contributed by atoms with Crippen LogP contribution in [0.4, 0.5) is 27.2 Å². The van der Waals surface area contributed by atoms with E-state index in [-0.39, 0.29) is 54.2 Å². The monoisotopic (exact) mass is 1170 g/mol. The van der Waals surface area contributed by atoms with Gasteiger partial charge >= 0.3 is 12.2 Å². The molecule has 3 amide bonds. The molecule has 13 nitrogen and oxygen atoms in total. The SMILES string of the molecule is CC(C)(C)OC(=O)NC[C@@H](Cc1cnc2ccccc2c1)c1cc(F)ccc1F.COC(=O)NC[C@@H](Cc1cnc2ccccc2c1)c1cc(F)c(OCCCCCc2ccc(CC(=O)C(C3CCCCC3)N3CCCC(N)C3=O)cc2)cc1F. The number of alkyl carbamates (subject to hydrolysis) is 2. The number of carbonyl (C=O) groups is 4. The molecular formula is C68H78F4N6O7. The van der Waals surface area contributed by atoms with E-state index >= 15 is 8.78 Å². The van der Waals surface area contributed by atoms with Crippen LogP contribution < -0.4 is 21.1 Å². The third-order valence-corrected chi connectivity index (χ3v) is 15.8. The summed E-state index contributed by atoms with van der Waals surface area (Å²) in [5.41, 5.74) is 11.3. The van der Waals surface area contributed by atoms with Gasteiger partial charge in [-0.15, -0.1) is 0 Å². The summed E-state index contributed by atoms with van der Waals surface area (Å²) in [4.78, 5) is 61.4. The zero-order valence-corrected chi connectivity index (χ0v) is 49.0. The molecule has 9 rings (SSSR count). The molecule has 17 heteroatoms. The molecule has 1 saturated heterocycles. The average Bonchev–Trinajstić information content (AvgIpc) is 3.34. The number of methoxy groups -OCH3 is 1. The fourth-order valence-corrected chi connectivity index (χ4v) is 11.5. The Labute approximate surface area is 495 Å². The van der Waals surface area contributed by atoms with E-state index in [1.54, 1.807) is 38.1 Å². The summed E-state index contributed by atoms with van der Waals surface area (Å²) in [6.45, 7) is 6.26. The van der Waals surface area contributed by atoms with Crippen molar-refractivity contribution in [3.05, 3.63) is 184 Å². The Balaban J connectivity index is 0.000000272. The second-order valence-electron chi connectivity index (χ2n) is 23.3. The lowest BCUT2D eigenvalue weighted by Gasteiger charge is -2.41. The van der Waals surface area contributed by atoms with E-state index < -0.39 is 65.0 Å². The predicted molar refractivity (Wildman–Crippen MR) is 321 cm³/mol. The number of hydrogen-bond donors (Lipinski definition) is 3. The highest BCUT2D eigenvalue weighted by Crippen LogP contribution is 2.34. The van der Waals surface area contributed by atoms with Gasteiger partial charge < -0.3 is 35.5 Å². The molecule has 2 aromatic heterocycles. The first-order chi connectivity index (χ1) is 40.9. The van der Waals surface area contributed by atoms with Crippen LogP contribution in [0.3, 0.4) is 0 Å². The summed E-state index contributed by atoms with van der Waals surface area (Å²) in [6, 6.07) is 32.1. The standard InChI is InChI=1S/C45H54F2N4O5.C23H24F2N2O2/c1-55-45(54)50-29-35(24-32-23-34-14-7-8-16-40(34)49-28-32)36-26-38(47)42(27-37(36)46)56-22-9-3-4-11-30-17-19-31(20-18-30)25-41(52)43(33-12-5-2-6-13-33)51-21-10-15-39(48)44(51)53;1-23(2,3)29-22(28)27-14-17(19-12-18(24)8-9-20(19)25)11-15-10-16-6-4-5-7-21(16)26-13-15/h7-8,14,16-20,23,26-28,33,35,39,43H,2-6,9-13,15,21-22,24-25,29,48H2,1H3,(H,50,54);4-10,12-13,17H,11,14H2,1-3H3,(H,27,28)/t35-,39?,43?;17-/m11/s1. The Hall–Kier alpha value is -7.92. The van der Waals surface area contributed by atoms with Gasteiger partial charge in [-0.05, 0) is 173 Å². The second kappa shape index (κ2) is 30.2. The summed E-state index contributed by atoms with van der Waals surface area (Å²) in [6.07, 6.45) is 13.2. The average molecular weight is 1170 g/mol. The molecule has 2 fully saturated rings. The van der Waals surface area contributed by atoms with Crippen LogP contribution in [-0.2, 0) is 44.7 Å². The van der Waals surface area contributed by atoms with Crippen molar-refractivity contribution in [1.29, 1.82) is 0 Å². The molecule has 2 aliphatic rings. The number of aromatic nitrogens is 2. The topological polar surface area (TPSA) is 175 Å².